The molecular formula is C18H18N2O2. The van der Waals surface area contributed by atoms with Crippen molar-refractivity contribution in [3.8, 4) is 0 Å². The normalized spacial score (nSPS) is 14.6. The highest BCUT2D eigenvalue weighted by Gasteiger charge is 2.33. The number of fused-ring (bicyclic) bond motifs is 1. The summed E-state index contributed by atoms with van der Waals surface area (Å²) in [5.74, 6) is -0.257. The predicted octanol–water partition coefficient (Wildman–Crippen LogP) is 2.98. The zero-order chi connectivity index (χ0) is 15.7. The molecule has 0 aromatic heterocycles. The lowest BCUT2D eigenvalue weighted by Gasteiger charge is -2.23. The van der Waals surface area contributed by atoms with Crippen molar-refractivity contribution in [1.29, 1.82) is 0 Å². The molecule has 0 bridgehead atoms. The molecule has 0 saturated carbocycles. The summed E-state index contributed by atoms with van der Waals surface area (Å²) in [7, 11) is 0. The largest absolute Gasteiger partial charge is 0.324 e. The van der Waals surface area contributed by atoms with Gasteiger partial charge in [0.05, 0.1) is 0 Å². The lowest BCUT2D eigenvalue weighted by molar-refractivity contribution is -0.120. The van der Waals surface area contributed by atoms with Crippen LogP contribution in [0.3, 0.4) is 0 Å². The molecule has 4 nitrogen and oxygen atoms in total. The average molecular weight is 294 g/mol. The first-order valence-corrected chi connectivity index (χ1v) is 7.32. The molecule has 0 fully saturated rings. The minimum Gasteiger partial charge on any atom is -0.324 e. The van der Waals surface area contributed by atoms with Gasteiger partial charge >= 0.3 is 0 Å². The van der Waals surface area contributed by atoms with Crippen molar-refractivity contribution in [3.05, 3.63) is 65.2 Å². The lowest BCUT2D eigenvalue weighted by atomic mass is 10.1. The van der Waals surface area contributed by atoms with Gasteiger partial charge in [-0.15, -0.1) is 0 Å². The van der Waals surface area contributed by atoms with Gasteiger partial charge in [0.25, 0.3) is 5.91 Å². The van der Waals surface area contributed by atoms with E-state index >= 15 is 0 Å². The summed E-state index contributed by atoms with van der Waals surface area (Å²) < 4.78 is 0. The van der Waals surface area contributed by atoms with Gasteiger partial charge in [-0.25, -0.2) is 0 Å². The number of nitrogens with zero attached hydrogens (tertiary/aromatic N) is 1. The number of hydrogen-bond donors (Lipinski definition) is 1. The van der Waals surface area contributed by atoms with Crippen molar-refractivity contribution in [1.82, 2.24) is 4.90 Å². The Balaban J connectivity index is 1.72. The van der Waals surface area contributed by atoms with Crippen molar-refractivity contribution >= 4 is 17.5 Å². The van der Waals surface area contributed by atoms with Crippen molar-refractivity contribution in [2.45, 2.75) is 26.4 Å². The number of carbonyl (C=O) groups is 2. The fraction of sp³-hybridized carbons (Fsp3) is 0.222. The van der Waals surface area contributed by atoms with Gasteiger partial charge in [0.15, 0.2) is 0 Å². The minimum absolute atomic E-state index is 0.0813. The van der Waals surface area contributed by atoms with Gasteiger partial charge in [0, 0.05) is 17.8 Å². The monoisotopic (exact) mass is 294 g/mol. The Morgan fingerprint density at radius 2 is 1.82 bits per heavy atom. The Morgan fingerprint density at radius 1 is 1.14 bits per heavy atom. The van der Waals surface area contributed by atoms with Crippen LogP contribution in [0.15, 0.2) is 48.5 Å². The zero-order valence-electron chi connectivity index (χ0n) is 12.7. The molecule has 112 valence electrons. The Bertz CT molecular complexity index is 722. The highest BCUT2D eigenvalue weighted by atomic mass is 16.2. The quantitative estimate of drug-likeness (QED) is 0.946. The topological polar surface area (TPSA) is 49.4 Å². The number of anilines is 1. The van der Waals surface area contributed by atoms with E-state index in [1.807, 2.05) is 55.5 Å². The second-order valence-electron chi connectivity index (χ2n) is 5.62. The van der Waals surface area contributed by atoms with Crippen LogP contribution in [-0.4, -0.2) is 22.8 Å². The summed E-state index contributed by atoms with van der Waals surface area (Å²) in [4.78, 5) is 26.4. The third-order valence-electron chi connectivity index (χ3n) is 4.02. The first-order valence-electron chi connectivity index (χ1n) is 7.32. The van der Waals surface area contributed by atoms with Crippen molar-refractivity contribution < 1.29 is 9.59 Å². The number of rotatable bonds is 3. The van der Waals surface area contributed by atoms with Crippen molar-refractivity contribution in [3.63, 3.8) is 0 Å². The molecule has 2 amide bonds. The molecule has 4 heteroatoms. The standard InChI is InChI=1S/C18H18N2O2/c1-12-7-9-15(10-8-12)19-17(21)13(2)20-11-14-5-3-4-6-16(14)18(20)22/h3-10,13H,11H2,1-2H3,(H,19,21). The van der Waals surface area contributed by atoms with Gasteiger partial charge in [-0.05, 0) is 37.6 Å². The van der Waals surface area contributed by atoms with Crippen LogP contribution in [0.1, 0.15) is 28.4 Å². The van der Waals surface area contributed by atoms with E-state index in [-0.39, 0.29) is 11.8 Å². The van der Waals surface area contributed by atoms with E-state index in [9.17, 15) is 9.59 Å². The summed E-state index contributed by atoms with van der Waals surface area (Å²) >= 11 is 0. The second kappa shape index (κ2) is 5.64. The second-order valence-corrected chi connectivity index (χ2v) is 5.62. The fourth-order valence-corrected chi connectivity index (χ4v) is 2.61. The zero-order valence-corrected chi connectivity index (χ0v) is 12.7. The maximum absolute atomic E-state index is 12.4. The first kappa shape index (κ1) is 14.3. The maximum atomic E-state index is 12.4. The van der Waals surface area contributed by atoms with Gasteiger partial charge in [-0.3, -0.25) is 9.59 Å². The van der Waals surface area contributed by atoms with E-state index in [0.29, 0.717) is 12.1 Å². The fourth-order valence-electron chi connectivity index (χ4n) is 2.61. The Kier molecular flexibility index (Phi) is 3.67. The smallest absolute Gasteiger partial charge is 0.255 e. The van der Waals surface area contributed by atoms with Crippen LogP contribution in [0.5, 0.6) is 0 Å². The van der Waals surface area contributed by atoms with Gasteiger partial charge in [-0.1, -0.05) is 35.9 Å². The van der Waals surface area contributed by atoms with Crippen molar-refractivity contribution in [2.24, 2.45) is 0 Å². The Morgan fingerprint density at radius 3 is 2.50 bits per heavy atom. The predicted molar refractivity (Wildman–Crippen MR) is 85.6 cm³/mol. The molecule has 0 aliphatic carbocycles. The number of nitrogens with one attached hydrogen (secondary N) is 1. The number of aryl methyl sites for hydroxylation is 1. The van der Waals surface area contributed by atoms with Gasteiger partial charge in [0.2, 0.25) is 5.91 Å². The van der Waals surface area contributed by atoms with Crippen LogP contribution in [-0.2, 0) is 11.3 Å². The molecule has 0 spiro atoms. The molecule has 2 aromatic rings. The minimum atomic E-state index is -0.513. The summed E-state index contributed by atoms with van der Waals surface area (Å²) in [6.07, 6.45) is 0. The molecule has 0 saturated heterocycles. The van der Waals surface area contributed by atoms with Crippen LogP contribution >= 0.6 is 0 Å². The lowest BCUT2D eigenvalue weighted by Crippen LogP contribution is -2.42. The van der Waals surface area contributed by atoms with E-state index in [0.717, 1.165) is 16.8 Å². The molecule has 3 rings (SSSR count). The summed E-state index contributed by atoms with van der Waals surface area (Å²) in [5, 5.41) is 2.86. The molecule has 1 N–H and O–H groups in total. The average Bonchev–Trinajstić information content (AvgIpc) is 2.86. The molecule has 1 atom stereocenters. The summed E-state index contributed by atoms with van der Waals surface area (Å²) in [5.41, 5.74) is 3.54. The van der Waals surface area contributed by atoms with Crippen LogP contribution in [0.4, 0.5) is 5.69 Å². The Hall–Kier alpha value is -2.62. The molecule has 22 heavy (non-hydrogen) atoms. The SMILES string of the molecule is Cc1ccc(NC(=O)C(C)N2Cc3ccccc3C2=O)cc1. The maximum Gasteiger partial charge on any atom is 0.255 e. The van der Waals surface area contributed by atoms with Crippen LogP contribution < -0.4 is 5.32 Å². The number of amides is 2. The molecule has 2 aromatic carbocycles. The molecular weight excluding hydrogens is 276 g/mol. The van der Waals surface area contributed by atoms with E-state index in [4.69, 9.17) is 0 Å². The third-order valence-corrected chi connectivity index (χ3v) is 4.02. The van der Waals surface area contributed by atoms with Crippen LogP contribution in [0.25, 0.3) is 0 Å². The van der Waals surface area contributed by atoms with Crippen LogP contribution in [0, 0.1) is 6.92 Å². The van der Waals surface area contributed by atoms with Gasteiger partial charge in [0.1, 0.15) is 6.04 Å². The highest BCUT2D eigenvalue weighted by Crippen LogP contribution is 2.24. The van der Waals surface area contributed by atoms with E-state index in [1.165, 1.54) is 0 Å². The molecule has 1 aliphatic heterocycles. The molecule has 1 unspecified atom stereocenters. The van der Waals surface area contributed by atoms with E-state index < -0.39 is 6.04 Å². The summed E-state index contributed by atoms with van der Waals surface area (Å²) in [6, 6.07) is 14.6. The van der Waals surface area contributed by atoms with Gasteiger partial charge < -0.3 is 10.2 Å². The Labute approximate surface area is 129 Å². The number of carbonyl (C=O) groups excluding carboxylic acids is 2. The molecule has 1 aliphatic rings. The van der Waals surface area contributed by atoms with Crippen LogP contribution in [0.2, 0.25) is 0 Å². The summed E-state index contributed by atoms with van der Waals surface area (Å²) in [6.45, 7) is 4.24. The molecule has 0 radical (unpaired) electrons. The van der Waals surface area contributed by atoms with E-state index in [2.05, 4.69) is 5.32 Å². The highest BCUT2D eigenvalue weighted by molar-refractivity contribution is 6.03. The number of hydrogen-bond acceptors (Lipinski definition) is 2. The van der Waals surface area contributed by atoms with E-state index in [1.54, 1.807) is 11.8 Å². The van der Waals surface area contributed by atoms with Crippen molar-refractivity contribution in [2.75, 3.05) is 5.32 Å². The number of benzene rings is 2. The molecule has 1 heterocycles. The first-order chi connectivity index (χ1) is 10.6. The third kappa shape index (κ3) is 2.60. The van der Waals surface area contributed by atoms with Gasteiger partial charge in [-0.2, -0.15) is 0 Å².